The molecule has 0 radical (unpaired) electrons. The molecule has 2 aromatic heterocycles. The maximum absolute atomic E-state index is 12.6. The number of aromatic nitrogens is 3. The molecule has 2 fully saturated rings. The number of nitrogens with zero attached hydrogens (tertiary/aromatic N) is 3. The lowest BCUT2D eigenvalue weighted by atomic mass is 10.1. The number of rotatable bonds is 12. The number of Topliss-reactive ketones (excluding diaryl/α,β-unsaturated/α-hetero) is 1. The molecule has 1 amide bonds. The van der Waals surface area contributed by atoms with Gasteiger partial charge < -0.3 is 25.5 Å². The van der Waals surface area contributed by atoms with Gasteiger partial charge in [0.15, 0.2) is 17.6 Å². The van der Waals surface area contributed by atoms with Crippen LogP contribution in [0.4, 0.5) is 16.4 Å². The molecule has 3 aromatic rings. The third-order valence-corrected chi connectivity index (χ3v) is 9.03. The van der Waals surface area contributed by atoms with Gasteiger partial charge in [-0.1, -0.05) is 36.5 Å². The van der Waals surface area contributed by atoms with Gasteiger partial charge in [-0.3, -0.25) is 4.79 Å². The van der Waals surface area contributed by atoms with Crippen molar-refractivity contribution in [2.75, 3.05) is 24.3 Å². The largest absolute Gasteiger partial charge is 0.453 e. The summed E-state index contributed by atoms with van der Waals surface area (Å²) in [5.41, 5.74) is 0.942. The number of ketones is 1. The number of aldehydes is 1. The van der Waals surface area contributed by atoms with Crippen molar-refractivity contribution in [2.45, 2.75) is 57.0 Å². The SMILES string of the molecule is CCCC1C(=O)C1(C=O)Nc1cc(Cl)cc(-c2nc(C3CC3)sc2-c2ccnc(NC[C@H](C)NC(=O)OC)n2)c1Cl. The number of carbonyl (C=O) groups is 3. The number of nitrogens with one attached hydrogen (secondary N) is 3. The van der Waals surface area contributed by atoms with Crippen molar-refractivity contribution >= 4 is 64.3 Å². The average Bonchev–Trinajstić information content (AvgIpc) is 3.85. The van der Waals surface area contributed by atoms with E-state index in [1.54, 1.807) is 35.7 Å². The van der Waals surface area contributed by atoms with E-state index >= 15 is 0 Å². The van der Waals surface area contributed by atoms with Crippen LogP contribution >= 0.6 is 34.5 Å². The van der Waals surface area contributed by atoms with Crippen LogP contribution in [0.1, 0.15) is 50.5 Å². The standard InChI is InChI=1S/C28H30Cl2N6O4S/c1-4-5-18-24(38)28(18,13-37)36-20-11-16(29)10-17(21(20)30)22-23(41-25(35-22)15-6-7-15)19-8-9-31-26(34-19)32-12-14(2)33-27(39)40-3/h8-11,13-15,18,36H,4-7,12H2,1-3H3,(H,33,39)(H,31,32,34)/t14-,18?,28?/m0/s1. The van der Waals surface area contributed by atoms with Crippen LogP contribution in [0.25, 0.3) is 21.8 Å². The Morgan fingerprint density at radius 3 is 2.76 bits per heavy atom. The lowest BCUT2D eigenvalue weighted by molar-refractivity contribution is -0.115. The summed E-state index contributed by atoms with van der Waals surface area (Å²) in [5, 5.41) is 10.6. The molecule has 3 atom stereocenters. The van der Waals surface area contributed by atoms with Gasteiger partial charge >= 0.3 is 6.09 Å². The van der Waals surface area contributed by atoms with E-state index in [4.69, 9.17) is 33.2 Å². The molecule has 2 aliphatic rings. The predicted octanol–water partition coefficient (Wildman–Crippen LogP) is 5.96. The number of amides is 1. The first-order chi connectivity index (χ1) is 19.7. The van der Waals surface area contributed by atoms with E-state index < -0.39 is 17.6 Å². The fraction of sp³-hybridized carbons (Fsp3) is 0.429. The smallest absolute Gasteiger partial charge is 0.407 e. The minimum Gasteiger partial charge on any atom is -0.453 e. The highest BCUT2D eigenvalue weighted by Gasteiger charge is 2.65. The van der Waals surface area contributed by atoms with Gasteiger partial charge in [0.05, 0.1) is 45.0 Å². The zero-order valence-electron chi connectivity index (χ0n) is 22.8. The van der Waals surface area contributed by atoms with Crippen molar-refractivity contribution in [2.24, 2.45) is 5.92 Å². The summed E-state index contributed by atoms with van der Waals surface area (Å²) in [7, 11) is 1.31. The summed E-state index contributed by atoms with van der Waals surface area (Å²) < 4.78 is 4.64. The van der Waals surface area contributed by atoms with Gasteiger partial charge in [-0.2, -0.15) is 0 Å². The second-order valence-electron chi connectivity index (χ2n) is 10.3. The third-order valence-electron chi connectivity index (χ3n) is 7.16. The third kappa shape index (κ3) is 6.02. The van der Waals surface area contributed by atoms with Crippen LogP contribution in [0.5, 0.6) is 0 Å². The van der Waals surface area contributed by atoms with E-state index in [9.17, 15) is 14.4 Å². The van der Waals surface area contributed by atoms with Crippen LogP contribution in [0.2, 0.25) is 10.0 Å². The monoisotopic (exact) mass is 616 g/mol. The van der Waals surface area contributed by atoms with Gasteiger partial charge in [-0.25, -0.2) is 19.7 Å². The van der Waals surface area contributed by atoms with Gasteiger partial charge in [0.1, 0.15) is 0 Å². The maximum Gasteiger partial charge on any atom is 0.407 e. The summed E-state index contributed by atoms with van der Waals surface area (Å²) in [4.78, 5) is 50.9. The van der Waals surface area contributed by atoms with E-state index in [1.165, 1.54) is 7.11 Å². The van der Waals surface area contributed by atoms with Crippen LogP contribution in [-0.4, -0.2) is 58.3 Å². The van der Waals surface area contributed by atoms with Crippen molar-refractivity contribution in [1.29, 1.82) is 0 Å². The molecule has 0 spiro atoms. The highest BCUT2D eigenvalue weighted by molar-refractivity contribution is 7.15. The molecule has 2 heterocycles. The fourth-order valence-corrected chi connectivity index (χ4v) is 6.43. The second-order valence-corrected chi connectivity index (χ2v) is 12.2. The Morgan fingerprint density at radius 2 is 2.07 bits per heavy atom. The molecule has 0 aliphatic heterocycles. The highest BCUT2D eigenvalue weighted by atomic mass is 35.5. The van der Waals surface area contributed by atoms with Gasteiger partial charge in [0, 0.05) is 35.3 Å². The number of hydrogen-bond acceptors (Lipinski definition) is 10. The van der Waals surface area contributed by atoms with E-state index in [0.29, 0.717) is 63.8 Å². The van der Waals surface area contributed by atoms with Crippen molar-refractivity contribution in [3.05, 3.63) is 39.4 Å². The van der Waals surface area contributed by atoms with Crippen LogP contribution in [0.15, 0.2) is 24.4 Å². The van der Waals surface area contributed by atoms with Gasteiger partial charge in [-0.15, -0.1) is 11.3 Å². The van der Waals surface area contributed by atoms with E-state index in [2.05, 4.69) is 25.7 Å². The van der Waals surface area contributed by atoms with Crippen LogP contribution in [-0.2, 0) is 14.3 Å². The molecule has 10 nitrogen and oxygen atoms in total. The van der Waals surface area contributed by atoms with E-state index in [0.717, 1.165) is 29.1 Å². The average molecular weight is 618 g/mol. The number of thiazole rings is 1. The Hall–Kier alpha value is -3.28. The summed E-state index contributed by atoms with van der Waals surface area (Å²) in [5.74, 6) is 0.228. The zero-order chi connectivity index (χ0) is 29.3. The molecule has 2 saturated carbocycles. The summed E-state index contributed by atoms with van der Waals surface area (Å²) >= 11 is 15.0. The first kappa shape index (κ1) is 29.2. The first-order valence-corrected chi connectivity index (χ1v) is 15.0. The Morgan fingerprint density at radius 1 is 1.29 bits per heavy atom. The van der Waals surface area contributed by atoms with Crippen molar-refractivity contribution < 1.29 is 19.1 Å². The molecule has 5 rings (SSSR count). The number of carbonyl (C=O) groups excluding carboxylic acids is 3. The normalized spacial score (nSPS) is 20.3. The summed E-state index contributed by atoms with van der Waals surface area (Å²) in [6.45, 7) is 4.19. The molecule has 41 heavy (non-hydrogen) atoms. The van der Waals surface area contributed by atoms with Crippen LogP contribution < -0.4 is 16.0 Å². The number of alkyl carbamates (subject to hydrolysis) is 1. The number of ether oxygens (including phenoxy) is 1. The number of methoxy groups -OCH3 is 1. The molecule has 2 aliphatic carbocycles. The maximum atomic E-state index is 12.6. The summed E-state index contributed by atoms with van der Waals surface area (Å²) in [6.07, 6.45) is 5.32. The first-order valence-electron chi connectivity index (χ1n) is 13.4. The quantitative estimate of drug-likeness (QED) is 0.166. The van der Waals surface area contributed by atoms with Crippen LogP contribution in [0.3, 0.4) is 0 Å². The minimum absolute atomic E-state index is 0.144. The molecule has 0 bridgehead atoms. The minimum atomic E-state index is -1.29. The molecular weight excluding hydrogens is 587 g/mol. The second kappa shape index (κ2) is 11.9. The van der Waals surface area contributed by atoms with Crippen molar-refractivity contribution in [1.82, 2.24) is 20.3 Å². The Labute approximate surface area is 251 Å². The highest BCUT2D eigenvalue weighted by Crippen LogP contribution is 2.50. The lowest BCUT2D eigenvalue weighted by Gasteiger charge is -2.17. The zero-order valence-corrected chi connectivity index (χ0v) is 25.1. The van der Waals surface area contributed by atoms with Crippen molar-refractivity contribution in [3.8, 4) is 21.8 Å². The topological polar surface area (TPSA) is 135 Å². The Kier molecular flexibility index (Phi) is 8.49. The molecule has 1 aromatic carbocycles. The van der Waals surface area contributed by atoms with Crippen LogP contribution in [0, 0.1) is 5.92 Å². The molecule has 2 unspecified atom stereocenters. The van der Waals surface area contributed by atoms with Crippen molar-refractivity contribution in [3.63, 3.8) is 0 Å². The van der Waals surface area contributed by atoms with Gasteiger partial charge in [-0.05, 0) is 44.4 Å². The van der Waals surface area contributed by atoms with E-state index in [1.807, 2.05) is 13.8 Å². The van der Waals surface area contributed by atoms with Gasteiger partial charge in [0.2, 0.25) is 5.95 Å². The number of anilines is 2. The predicted molar refractivity (Wildman–Crippen MR) is 160 cm³/mol. The number of benzene rings is 1. The summed E-state index contributed by atoms with van der Waals surface area (Å²) in [6, 6.07) is 4.93. The molecule has 216 valence electrons. The lowest BCUT2D eigenvalue weighted by Crippen LogP contribution is -2.37. The Balaban J connectivity index is 1.48. The molecule has 0 saturated heterocycles. The number of halogens is 2. The molecule has 3 N–H and O–H groups in total. The Bertz CT molecular complexity index is 1500. The van der Waals surface area contributed by atoms with Gasteiger partial charge in [0.25, 0.3) is 0 Å². The van der Waals surface area contributed by atoms with E-state index in [-0.39, 0.29) is 11.8 Å². The fourth-order valence-electron chi connectivity index (χ4n) is 4.75. The molecular formula is C28H30Cl2N6O4S. The number of hydrogen-bond donors (Lipinski definition) is 3. The molecule has 13 heteroatoms.